The van der Waals surface area contributed by atoms with E-state index in [0.29, 0.717) is 11.2 Å². The number of oxazole rings is 1. The zero-order valence-electron chi connectivity index (χ0n) is 8.88. The third kappa shape index (κ3) is 2.96. The number of anilines is 1. The molecule has 0 aliphatic rings. The first-order chi connectivity index (χ1) is 7.88. The predicted molar refractivity (Wildman–Crippen MR) is 61.4 cm³/mol. The van der Waals surface area contributed by atoms with Crippen molar-refractivity contribution in [2.24, 2.45) is 0 Å². The summed E-state index contributed by atoms with van der Waals surface area (Å²) in [4.78, 5) is 12.5. The number of hydrogen-bond acceptors (Lipinski definition) is 6. The quantitative estimate of drug-likeness (QED) is 0.804. The van der Waals surface area contributed by atoms with Gasteiger partial charge in [0, 0.05) is 12.7 Å². The minimum absolute atomic E-state index is 0.583. The summed E-state index contributed by atoms with van der Waals surface area (Å²) in [6.45, 7) is 2.96. The summed E-state index contributed by atoms with van der Waals surface area (Å²) >= 11 is 1.37. The van der Waals surface area contributed by atoms with Gasteiger partial charge in [0.25, 0.3) is 5.22 Å². The fourth-order valence-corrected chi connectivity index (χ4v) is 1.73. The summed E-state index contributed by atoms with van der Waals surface area (Å²) in [5.41, 5.74) is 0. The van der Waals surface area contributed by atoms with Gasteiger partial charge in [0.2, 0.25) is 5.95 Å². The monoisotopic (exact) mass is 236 g/mol. The van der Waals surface area contributed by atoms with Crippen LogP contribution in [0, 0.1) is 0 Å². The molecule has 5 nitrogen and oxygen atoms in total. The van der Waals surface area contributed by atoms with E-state index in [0.717, 1.165) is 18.0 Å². The van der Waals surface area contributed by atoms with E-state index >= 15 is 0 Å². The molecule has 0 fully saturated rings. The normalized spacial score (nSPS) is 10.3. The Morgan fingerprint density at radius 3 is 3.06 bits per heavy atom. The molecule has 16 heavy (non-hydrogen) atoms. The summed E-state index contributed by atoms with van der Waals surface area (Å²) in [6, 6.07) is 1.83. The molecule has 0 aromatic carbocycles. The van der Waals surface area contributed by atoms with Crippen molar-refractivity contribution in [3.05, 3.63) is 24.7 Å². The van der Waals surface area contributed by atoms with E-state index in [4.69, 9.17) is 4.42 Å². The molecule has 2 aromatic rings. The lowest BCUT2D eigenvalue weighted by molar-refractivity contribution is 0.454. The highest BCUT2D eigenvalue weighted by molar-refractivity contribution is 7.99. The minimum atomic E-state index is 0.583. The van der Waals surface area contributed by atoms with Gasteiger partial charge in [0.15, 0.2) is 0 Å². The summed E-state index contributed by atoms with van der Waals surface area (Å²) in [6.07, 6.45) is 5.91. The van der Waals surface area contributed by atoms with Crippen LogP contribution in [0.1, 0.15) is 13.3 Å². The average Bonchev–Trinajstić information content (AvgIpc) is 2.80. The van der Waals surface area contributed by atoms with Crippen molar-refractivity contribution in [3.8, 4) is 0 Å². The van der Waals surface area contributed by atoms with E-state index in [1.165, 1.54) is 11.8 Å². The largest absolute Gasteiger partial charge is 0.440 e. The van der Waals surface area contributed by atoms with Crippen molar-refractivity contribution in [2.45, 2.75) is 23.6 Å². The van der Waals surface area contributed by atoms with Crippen LogP contribution in [-0.4, -0.2) is 21.5 Å². The van der Waals surface area contributed by atoms with Crippen molar-refractivity contribution in [3.63, 3.8) is 0 Å². The topological polar surface area (TPSA) is 63.8 Å². The maximum Gasteiger partial charge on any atom is 0.261 e. The SMILES string of the molecule is CCCNc1nccc(Sc2ncco2)n1. The number of nitrogens with zero attached hydrogens (tertiary/aromatic N) is 3. The van der Waals surface area contributed by atoms with Crippen LogP contribution in [0.3, 0.4) is 0 Å². The Morgan fingerprint density at radius 1 is 1.38 bits per heavy atom. The Balaban J connectivity index is 2.04. The molecule has 1 N–H and O–H groups in total. The molecule has 0 saturated carbocycles. The van der Waals surface area contributed by atoms with Gasteiger partial charge in [0.1, 0.15) is 11.3 Å². The molecule has 2 rings (SSSR count). The number of nitrogens with one attached hydrogen (secondary N) is 1. The van der Waals surface area contributed by atoms with Gasteiger partial charge >= 0.3 is 0 Å². The molecule has 0 unspecified atom stereocenters. The number of hydrogen-bond donors (Lipinski definition) is 1. The van der Waals surface area contributed by atoms with E-state index in [-0.39, 0.29) is 0 Å². The van der Waals surface area contributed by atoms with Gasteiger partial charge < -0.3 is 9.73 Å². The van der Waals surface area contributed by atoms with Crippen molar-refractivity contribution in [1.82, 2.24) is 15.0 Å². The van der Waals surface area contributed by atoms with E-state index in [9.17, 15) is 0 Å². The minimum Gasteiger partial charge on any atom is -0.440 e. The zero-order valence-corrected chi connectivity index (χ0v) is 9.70. The molecule has 2 aromatic heterocycles. The molecule has 0 amide bonds. The molecule has 0 bridgehead atoms. The molecule has 0 aliphatic carbocycles. The predicted octanol–water partition coefficient (Wildman–Crippen LogP) is 2.44. The summed E-state index contributed by atoms with van der Waals surface area (Å²) in [5, 5.41) is 4.53. The molecule has 84 valence electrons. The third-order valence-corrected chi connectivity index (χ3v) is 2.58. The lowest BCUT2D eigenvalue weighted by atomic mass is 10.5. The Kier molecular flexibility index (Phi) is 3.76. The summed E-state index contributed by atoms with van der Waals surface area (Å²) < 4.78 is 5.13. The smallest absolute Gasteiger partial charge is 0.261 e. The second-order valence-electron chi connectivity index (χ2n) is 3.05. The van der Waals surface area contributed by atoms with Gasteiger partial charge in [-0.25, -0.2) is 15.0 Å². The molecular formula is C10H12N4OS. The Morgan fingerprint density at radius 2 is 2.31 bits per heavy atom. The maximum atomic E-state index is 5.13. The zero-order chi connectivity index (χ0) is 11.2. The Bertz CT molecular complexity index is 432. The molecule has 0 atom stereocenters. The van der Waals surface area contributed by atoms with Crippen LogP contribution < -0.4 is 5.32 Å². The van der Waals surface area contributed by atoms with Crippen molar-refractivity contribution in [1.29, 1.82) is 0 Å². The second kappa shape index (κ2) is 5.50. The van der Waals surface area contributed by atoms with Crippen LogP contribution in [0.2, 0.25) is 0 Å². The second-order valence-corrected chi connectivity index (χ2v) is 4.02. The number of aromatic nitrogens is 3. The van der Waals surface area contributed by atoms with Crippen LogP contribution in [-0.2, 0) is 0 Å². The highest BCUT2D eigenvalue weighted by atomic mass is 32.2. The lowest BCUT2D eigenvalue weighted by Crippen LogP contribution is -2.04. The first kappa shape index (κ1) is 10.9. The maximum absolute atomic E-state index is 5.13. The van der Waals surface area contributed by atoms with Gasteiger partial charge in [-0.2, -0.15) is 0 Å². The van der Waals surface area contributed by atoms with E-state index < -0.39 is 0 Å². The molecular weight excluding hydrogens is 224 g/mol. The van der Waals surface area contributed by atoms with Crippen molar-refractivity contribution < 1.29 is 4.42 Å². The van der Waals surface area contributed by atoms with Gasteiger partial charge in [-0.3, -0.25) is 0 Å². The van der Waals surface area contributed by atoms with E-state index in [2.05, 4.69) is 27.2 Å². The Hall–Kier alpha value is -1.56. The van der Waals surface area contributed by atoms with E-state index in [1.54, 1.807) is 18.7 Å². The summed E-state index contributed by atoms with van der Waals surface area (Å²) in [7, 11) is 0. The van der Waals surface area contributed by atoms with Crippen LogP contribution in [0.15, 0.2) is 39.4 Å². The fraction of sp³-hybridized carbons (Fsp3) is 0.300. The Labute approximate surface area is 97.7 Å². The highest BCUT2D eigenvalue weighted by Gasteiger charge is 2.04. The van der Waals surface area contributed by atoms with Crippen LogP contribution in [0.5, 0.6) is 0 Å². The van der Waals surface area contributed by atoms with Gasteiger partial charge in [0.05, 0.1) is 6.20 Å². The van der Waals surface area contributed by atoms with Gasteiger partial charge in [-0.05, 0) is 24.2 Å². The highest BCUT2D eigenvalue weighted by Crippen LogP contribution is 2.24. The molecule has 2 heterocycles. The van der Waals surface area contributed by atoms with Crippen molar-refractivity contribution >= 4 is 17.7 Å². The number of rotatable bonds is 5. The van der Waals surface area contributed by atoms with Crippen LogP contribution in [0.25, 0.3) is 0 Å². The standard InChI is InChI=1S/C10H12N4OS/c1-2-4-11-9-12-5-3-8(14-9)16-10-13-6-7-15-10/h3,5-7H,2,4H2,1H3,(H,11,12,14). The van der Waals surface area contributed by atoms with Gasteiger partial charge in [-0.1, -0.05) is 6.92 Å². The third-order valence-electron chi connectivity index (χ3n) is 1.76. The molecule has 6 heteroatoms. The first-order valence-electron chi connectivity index (χ1n) is 5.02. The molecule has 0 aliphatic heterocycles. The molecule has 0 saturated heterocycles. The van der Waals surface area contributed by atoms with Gasteiger partial charge in [-0.15, -0.1) is 0 Å². The summed E-state index contributed by atoms with van der Waals surface area (Å²) in [5.74, 6) is 0.637. The molecule has 0 radical (unpaired) electrons. The van der Waals surface area contributed by atoms with E-state index in [1.807, 2.05) is 6.07 Å². The van der Waals surface area contributed by atoms with Crippen LogP contribution in [0.4, 0.5) is 5.95 Å². The average molecular weight is 236 g/mol. The lowest BCUT2D eigenvalue weighted by Gasteiger charge is -2.03. The van der Waals surface area contributed by atoms with Crippen molar-refractivity contribution in [2.75, 3.05) is 11.9 Å². The molecule has 0 spiro atoms. The first-order valence-corrected chi connectivity index (χ1v) is 5.84. The van der Waals surface area contributed by atoms with Crippen LogP contribution >= 0.6 is 11.8 Å². The fourth-order valence-electron chi connectivity index (χ4n) is 1.07.